The largest absolute Gasteiger partial charge is 0.494 e. The van der Waals surface area contributed by atoms with E-state index in [-0.39, 0.29) is 11.5 Å². The quantitative estimate of drug-likeness (QED) is 0.446. The Labute approximate surface area is 243 Å². The third-order valence-electron chi connectivity index (χ3n) is 9.52. The third kappa shape index (κ3) is 5.34. The number of hydrogen-bond donors (Lipinski definition) is 1. The van der Waals surface area contributed by atoms with Gasteiger partial charge in [0.15, 0.2) is 5.82 Å². The van der Waals surface area contributed by atoms with Crippen molar-refractivity contribution in [1.82, 2.24) is 19.8 Å². The zero-order valence-corrected chi connectivity index (χ0v) is 24.2. The second kappa shape index (κ2) is 11.1. The van der Waals surface area contributed by atoms with Crippen molar-refractivity contribution in [3.63, 3.8) is 0 Å². The molecule has 3 saturated heterocycles. The number of benzene rings is 2. The molecule has 1 atom stereocenters. The first kappa shape index (κ1) is 26.5. The van der Waals surface area contributed by atoms with Crippen LogP contribution in [-0.4, -0.2) is 85.8 Å². The number of hydroxylamine groups is 1. The van der Waals surface area contributed by atoms with Crippen LogP contribution in [0.5, 0.6) is 5.75 Å². The van der Waals surface area contributed by atoms with Gasteiger partial charge in [0.05, 0.1) is 25.4 Å². The molecule has 9 heteroatoms. The van der Waals surface area contributed by atoms with Crippen molar-refractivity contribution >= 4 is 23.0 Å². The fourth-order valence-electron chi connectivity index (χ4n) is 6.83. The van der Waals surface area contributed by atoms with Gasteiger partial charge in [-0.05, 0) is 50.4 Å². The number of nitrogens with one attached hydrogen (secondary N) is 1. The fourth-order valence-corrected chi connectivity index (χ4v) is 6.83. The van der Waals surface area contributed by atoms with Gasteiger partial charge in [-0.2, -0.15) is 0 Å². The molecule has 0 amide bonds. The van der Waals surface area contributed by atoms with Gasteiger partial charge in [-0.3, -0.25) is 9.74 Å². The van der Waals surface area contributed by atoms with Crippen molar-refractivity contribution in [3.05, 3.63) is 66.5 Å². The molecule has 2 aromatic carbocycles. The van der Waals surface area contributed by atoms with Gasteiger partial charge < -0.3 is 19.9 Å². The lowest BCUT2D eigenvalue weighted by atomic mass is 9.91. The maximum atomic E-state index is 6.25. The van der Waals surface area contributed by atoms with Crippen LogP contribution in [0.3, 0.4) is 0 Å². The number of methoxy groups -OCH3 is 1. The van der Waals surface area contributed by atoms with E-state index in [9.17, 15) is 0 Å². The van der Waals surface area contributed by atoms with Crippen molar-refractivity contribution in [3.8, 4) is 5.75 Å². The molecule has 0 radical (unpaired) electrons. The van der Waals surface area contributed by atoms with Crippen molar-refractivity contribution in [2.75, 3.05) is 75.3 Å². The first-order valence-corrected chi connectivity index (χ1v) is 15.0. The summed E-state index contributed by atoms with van der Waals surface area (Å²) in [5.41, 5.74) is 3.53. The maximum absolute atomic E-state index is 6.25. The summed E-state index contributed by atoms with van der Waals surface area (Å²) >= 11 is 0. The molecule has 1 aromatic heterocycles. The fraction of sp³-hybridized carbons (Fsp3) is 0.500. The van der Waals surface area contributed by atoms with Crippen molar-refractivity contribution < 1.29 is 9.57 Å². The van der Waals surface area contributed by atoms with Gasteiger partial charge in [-0.25, -0.2) is 15.0 Å². The van der Waals surface area contributed by atoms with Gasteiger partial charge >= 0.3 is 0 Å². The summed E-state index contributed by atoms with van der Waals surface area (Å²) in [6, 6.07) is 19.9. The summed E-state index contributed by atoms with van der Waals surface area (Å²) in [5.74, 6) is 2.28. The van der Waals surface area contributed by atoms with E-state index in [0.29, 0.717) is 11.9 Å². The van der Waals surface area contributed by atoms with E-state index in [1.165, 1.54) is 63.1 Å². The SMILES string of the molecule is COc1cc(N2CCC(N3CCN(C)CC3)CC2)ccc1Nc1cc(N2OCC3(CC3)C2c2ccccc2)ncn1. The normalized spacial score (nSPS) is 23.2. The molecule has 1 aliphatic carbocycles. The summed E-state index contributed by atoms with van der Waals surface area (Å²) in [5, 5.41) is 5.46. The molecular weight excluding hydrogens is 514 g/mol. The molecule has 1 spiro atoms. The molecule has 1 saturated carbocycles. The Morgan fingerprint density at radius 3 is 2.44 bits per heavy atom. The van der Waals surface area contributed by atoms with Crippen LogP contribution in [0.4, 0.5) is 23.0 Å². The van der Waals surface area contributed by atoms with Gasteiger partial charge in [0, 0.05) is 68.5 Å². The van der Waals surface area contributed by atoms with Gasteiger partial charge in [-0.15, -0.1) is 0 Å². The lowest BCUT2D eigenvalue weighted by Gasteiger charge is -2.42. The molecule has 1 unspecified atom stereocenters. The average molecular weight is 556 g/mol. The van der Waals surface area contributed by atoms with E-state index >= 15 is 0 Å². The molecule has 41 heavy (non-hydrogen) atoms. The zero-order chi connectivity index (χ0) is 27.8. The van der Waals surface area contributed by atoms with Gasteiger partial charge in [0.25, 0.3) is 0 Å². The number of nitrogens with zero attached hydrogens (tertiary/aromatic N) is 6. The first-order chi connectivity index (χ1) is 20.1. The number of piperazine rings is 1. The lowest BCUT2D eigenvalue weighted by molar-refractivity contribution is 0.0982. The molecule has 0 bridgehead atoms. The van der Waals surface area contributed by atoms with Gasteiger partial charge in [0.2, 0.25) is 0 Å². The monoisotopic (exact) mass is 555 g/mol. The van der Waals surface area contributed by atoms with E-state index in [1.807, 2.05) is 11.1 Å². The minimum Gasteiger partial charge on any atom is -0.494 e. The van der Waals surface area contributed by atoms with Crippen LogP contribution in [0, 0.1) is 5.41 Å². The summed E-state index contributed by atoms with van der Waals surface area (Å²) < 4.78 is 5.84. The molecule has 4 fully saturated rings. The topological polar surface area (TPSA) is 69.2 Å². The number of aromatic nitrogens is 2. The molecule has 3 aliphatic heterocycles. The Kier molecular flexibility index (Phi) is 7.18. The van der Waals surface area contributed by atoms with E-state index < -0.39 is 0 Å². The Morgan fingerprint density at radius 2 is 1.71 bits per heavy atom. The summed E-state index contributed by atoms with van der Waals surface area (Å²) in [4.78, 5) is 23.0. The predicted octanol–water partition coefficient (Wildman–Crippen LogP) is 4.72. The maximum Gasteiger partial charge on any atom is 0.158 e. The minimum atomic E-state index is 0.153. The molecule has 3 aromatic rings. The van der Waals surface area contributed by atoms with Crippen LogP contribution in [0.25, 0.3) is 0 Å². The van der Waals surface area contributed by atoms with Gasteiger partial charge in [0.1, 0.15) is 17.9 Å². The molecule has 9 nitrogen and oxygen atoms in total. The molecule has 1 N–H and O–H groups in total. The third-order valence-corrected chi connectivity index (χ3v) is 9.52. The second-order valence-corrected chi connectivity index (χ2v) is 12.1. The Morgan fingerprint density at radius 1 is 0.927 bits per heavy atom. The Balaban J connectivity index is 1.04. The zero-order valence-electron chi connectivity index (χ0n) is 24.2. The predicted molar refractivity (Wildman–Crippen MR) is 162 cm³/mol. The minimum absolute atomic E-state index is 0.153. The van der Waals surface area contributed by atoms with Crippen molar-refractivity contribution in [2.45, 2.75) is 37.8 Å². The first-order valence-electron chi connectivity index (χ1n) is 15.0. The highest BCUT2D eigenvalue weighted by atomic mass is 16.7. The second-order valence-electron chi connectivity index (χ2n) is 12.1. The summed E-state index contributed by atoms with van der Waals surface area (Å²) in [6.07, 6.45) is 6.37. The highest BCUT2D eigenvalue weighted by Gasteiger charge is 2.58. The molecule has 4 aliphatic rings. The molecule has 4 heterocycles. The number of likely N-dealkylation sites (N-methyl/N-ethyl adjacent to an activating group) is 1. The van der Waals surface area contributed by atoms with Crippen LogP contribution in [-0.2, 0) is 4.84 Å². The lowest BCUT2D eigenvalue weighted by Crippen LogP contribution is -2.52. The Bertz CT molecular complexity index is 1330. The average Bonchev–Trinajstić information content (AvgIpc) is 3.70. The molecule has 7 rings (SSSR count). The van der Waals surface area contributed by atoms with E-state index in [1.54, 1.807) is 13.4 Å². The number of ether oxygens (including phenoxy) is 1. The van der Waals surface area contributed by atoms with Crippen LogP contribution in [0.1, 0.15) is 37.3 Å². The van der Waals surface area contributed by atoms with Crippen LogP contribution >= 0.6 is 0 Å². The number of rotatable bonds is 7. The van der Waals surface area contributed by atoms with Crippen LogP contribution < -0.4 is 20.0 Å². The smallest absolute Gasteiger partial charge is 0.158 e. The molecule has 216 valence electrons. The Hall–Kier alpha value is -3.40. The van der Waals surface area contributed by atoms with Gasteiger partial charge in [-0.1, -0.05) is 30.3 Å². The van der Waals surface area contributed by atoms with E-state index in [2.05, 4.69) is 85.6 Å². The number of piperidine rings is 1. The standard InChI is InChI=1S/C32H41N7O2/c1-36-16-18-38(19-17-36)25-10-14-37(15-11-25)26-8-9-27(28(20-26)40-2)35-29-21-30(34-23-33-29)39-31(24-6-4-3-5-7-24)32(12-13-32)22-41-39/h3-9,20-21,23,25,31H,10-19,22H2,1-2H3,(H,33,34,35). The molecular formula is C32H41N7O2. The number of hydrogen-bond acceptors (Lipinski definition) is 9. The van der Waals surface area contributed by atoms with Crippen molar-refractivity contribution in [2.24, 2.45) is 5.41 Å². The number of anilines is 4. The summed E-state index contributed by atoms with van der Waals surface area (Å²) in [6.45, 7) is 7.61. The highest BCUT2D eigenvalue weighted by Crippen LogP contribution is 2.61. The van der Waals surface area contributed by atoms with Crippen LogP contribution in [0.2, 0.25) is 0 Å². The summed E-state index contributed by atoms with van der Waals surface area (Å²) in [7, 11) is 3.95. The van der Waals surface area contributed by atoms with Crippen LogP contribution in [0.15, 0.2) is 60.9 Å². The van der Waals surface area contributed by atoms with E-state index in [4.69, 9.17) is 9.57 Å². The van der Waals surface area contributed by atoms with E-state index in [0.717, 1.165) is 37.0 Å². The highest BCUT2D eigenvalue weighted by molar-refractivity contribution is 5.70. The van der Waals surface area contributed by atoms with Crippen molar-refractivity contribution in [1.29, 1.82) is 0 Å².